The van der Waals surface area contributed by atoms with Crippen molar-refractivity contribution in [1.82, 2.24) is 5.32 Å². The molecule has 1 fully saturated rings. The van der Waals surface area contributed by atoms with Crippen LogP contribution in [0.15, 0.2) is 36.5 Å². The first-order valence-electron chi connectivity index (χ1n) is 3.17. The Balaban J connectivity index is 2.25. The van der Waals surface area contributed by atoms with Crippen molar-refractivity contribution in [2.75, 3.05) is 0 Å². The molecule has 46 valence electrons. The monoisotopic (exact) mass is 119 g/mol. The zero-order chi connectivity index (χ0) is 6.27. The molecule has 0 aromatic heterocycles. The van der Waals surface area contributed by atoms with E-state index in [1.54, 1.807) is 0 Å². The van der Waals surface area contributed by atoms with Crippen LogP contribution in [0.25, 0.3) is 0 Å². The average Bonchev–Trinajstić information content (AvgIpc) is 2.54. The van der Waals surface area contributed by atoms with Gasteiger partial charge in [0.2, 0.25) is 0 Å². The van der Waals surface area contributed by atoms with Crippen LogP contribution in [0, 0.1) is 0 Å². The first-order chi connectivity index (χ1) is 4.36. The van der Waals surface area contributed by atoms with E-state index in [2.05, 4.69) is 36.2 Å². The Labute approximate surface area is 54.8 Å². The van der Waals surface area contributed by atoms with Crippen molar-refractivity contribution in [1.29, 1.82) is 0 Å². The summed E-state index contributed by atoms with van der Waals surface area (Å²) in [5.74, 6) is 0. The summed E-state index contributed by atoms with van der Waals surface area (Å²) in [7, 11) is 0. The second-order valence-corrected chi connectivity index (χ2v) is 2.51. The predicted octanol–water partition coefficient (Wildman–Crippen LogP) is 1.01. The lowest BCUT2D eigenvalue weighted by Gasteiger charge is -1.83. The molecule has 1 saturated heterocycles. The lowest BCUT2D eigenvalue weighted by molar-refractivity contribution is 1.19. The molecule has 2 atom stereocenters. The van der Waals surface area contributed by atoms with Gasteiger partial charge in [-0.15, -0.1) is 0 Å². The van der Waals surface area contributed by atoms with Gasteiger partial charge in [0.25, 0.3) is 0 Å². The molecule has 1 heterocycles. The summed E-state index contributed by atoms with van der Waals surface area (Å²) in [5, 5.41) is 3.28. The lowest BCUT2D eigenvalue weighted by Crippen LogP contribution is -1.80. The van der Waals surface area contributed by atoms with Crippen LogP contribution in [0.2, 0.25) is 0 Å². The summed E-state index contributed by atoms with van der Waals surface area (Å²) >= 11 is 0. The van der Waals surface area contributed by atoms with Crippen molar-refractivity contribution in [2.24, 2.45) is 0 Å². The molecule has 1 N–H and O–H groups in total. The molecule has 0 aromatic rings. The molecule has 0 aromatic carbocycles. The summed E-state index contributed by atoms with van der Waals surface area (Å²) < 4.78 is 0. The zero-order valence-electron chi connectivity index (χ0n) is 5.17. The van der Waals surface area contributed by atoms with E-state index in [0.717, 1.165) is 5.57 Å². The topological polar surface area (TPSA) is 21.9 Å². The summed E-state index contributed by atoms with van der Waals surface area (Å²) in [6, 6.07) is 1.20. The molecule has 2 unspecified atom stereocenters. The molecular weight excluding hydrogens is 110 g/mol. The van der Waals surface area contributed by atoms with Gasteiger partial charge in [0.15, 0.2) is 0 Å². The van der Waals surface area contributed by atoms with Crippen molar-refractivity contribution >= 4 is 0 Å². The van der Waals surface area contributed by atoms with Crippen LogP contribution in [0.5, 0.6) is 0 Å². The normalized spacial score (nSPS) is 38.0. The average molecular weight is 119 g/mol. The van der Waals surface area contributed by atoms with Crippen LogP contribution in [-0.4, -0.2) is 12.1 Å². The Morgan fingerprint density at radius 2 is 1.78 bits per heavy atom. The van der Waals surface area contributed by atoms with E-state index in [9.17, 15) is 0 Å². The second kappa shape index (κ2) is 1.58. The Kier molecular flexibility index (Phi) is 0.878. The molecule has 1 nitrogen and oxygen atoms in total. The van der Waals surface area contributed by atoms with Gasteiger partial charge in [0.1, 0.15) is 0 Å². The van der Waals surface area contributed by atoms with E-state index in [4.69, 9.17) is 0 Å². The van der Waals surface area contributed by atoms with E-state index in [1.165, 1.54) is 0 Å². The smallest absolute Gasteiger partial charge is 0.0450 e. The molecular formula is C8H9N. The quantitative estimate of drug-likeness (QED) is 0.472. The predicted molar refractivity (Wildman–Crippen MR) is 38.1 cm³/mol. The van der Waals surface area contributed by atoms with Gasteiger partial charge in [-0.3, -0.25) is 0 Å². The molecule has 2 rings (SSSR count). The van der Waals surface area contributed by atoms with Crippen molar-refractivity contribution < 1.29 is 0 Å². The third-order valence-electron chi connectivity index (χ3n) is 1.70. The van der Waals surface area contributed by atoms with Crippen LogP contribution in [0.3, 0.4) is 0 Å². The maximum Gasteiger partial charge on any atom is 0.0450 e. The summed E-state index contributed by atoms with van der Waals surface area (Å²) in [5.41, 5.74) is 1.10. The van der Waals surface area contributed by atoms with Gasteiger partial charge < -0.3 is 5.32 Å². The molecule has 0 radical (unpaired) electrons. The van der Waals surface area contributed by atoms with E-state index in [0.29, 0.717) is 12.1 Å². The summed E-state index contributed by atoms with van der Waals surface area (Å²) in [6.45, 7) is 3.83. The van der Waals surface area contributed by atoms with Crippen molar-refractivity contribution in [3.05, 3.63) is 36.5 Å². The van der Waals surface area contributed by atoms with Gasteiger partial charge in [0.05, 0.1) is 0 Å². The minimum absolute atomic E-state index is 0.598. The standard InChI is InChI=1S/C8H9N/c1-6-2-4-7-8(9-7)5-3-6/h2-5,7-9H,1H2. The minimum atomic E-state index is 0.598. The SMILES string of the molecule is C=C1C=CC2NC2C=C1. The first kappa shape index (κ1) is 5.00. The fourth-order valence-electron chi connectivity index (χ4n) is 1.03. The third kappa shape index (κ3) is 0.836. The molecule has 0 bridgehead atoms. The van der Waals surface area contributed by atoms with Crippen molar-refractivity contribution in [3.8, 4) is 0 Å². The molecule has 1 heteroatoms. The maximum absolute atomic E-state index is 3.83. The van der Waals surface area contributed by atoms with Crippen LogP contribution in [0.1, 0.15) is 0 Å². The summed E-state index contributed by atoms with van der Waals surface area (Å²) in [4.78, 5) is 0. The van der Waals surface area contributed by atoms with Gasteiger partial charge in [-0.05, 0) is 5.57 Å². The minimum Gasteiger partial charge on any atom is -0.301 e. The molecule has 0 saturated carbocycles. The van der Waals surface area contributed by atoms with E-state index in [-0.39, 0.29) is 0 Å². The fraction of sp³-hybridized carbons (Fsp3) is 0.250. The van der Waals surface area contributed by atoms with E-state index < -0.39 is 0 Å². The highest BCUT2D eigenvalue weighted by Crippen LogP contribution is 2.18. The van der Waals surface area contributed by atoms with Gasteiger partial charge in [-0.25, -0.2) is 0 Å². The molecule has 0 spiro atoms. The number of allylic oxidation sites excluding steroid dienone is 3. The molecule has 1 aliphatic carbocycles. The molecule has 0 amide bonds. The Bertz CT molecular complexity index is 181. The van der Waals surface area contributed by atoms with Gasteiger partial charge in [-0.2, -0.15) is 0 Å². The number of rotatable bonds is 0. The van der Waals surface area contributed by atoms with E-state index in [1.807, 2.05) is 0 Å². The highest BCUT2D eigenvalue weighted by atomic mass is 15.1. The highest BCUT2D eigenvalue weighted by Gasteiger charge is 2.31. The molecule has 2 aliphatic rings. The van der Waals surface area contributed by atoms with Crippen LogP contribution < -0.4 is 5.32 Å². The van der Waals surface area contributed by atoms with Crippen LogP contribution in [0.4, 0.5) is 0 Å². The van der Waals surface area contributed by atoms with Gasteiger partial charge in [0, 0.05) is 12.1 Å². The maximum atomic E-state index is 3.83. The Morgan fingerprint density at radius 1 is 1.22 bits per heavy atom. The molecule has 9 heavy (non-hydrogen) atoms. The number of fused-ring (bicyclic) bond motifs is 1. The fourth-order valence-corrected chi connectivity index (χ4v) is 1.03. The number of hydrogen-bond donors (Lipinski definition) is 1. The lowest BCUT2D eigenvalue weighted by atomic mass is 10.3. The molecule has 1 aliphatic heterocycles. The zero-order valence-corrected chi connectivity index (χ0v) is 5.17. The highest BCUT2D eigenvalue weighted by molar-refractivity contribution is 5.37. The van der Waals surface area contributed by atoms with Gasteiger partial charge >= 0.3 is 0 Å². The number of hydrogen-bond acceptors (Lipinski definition) is 1. The number of nitrogens with one attached hydrogen (secondary N) is 1. The van der Waals surface area contributed by atoms with Crippen LogP contribution >= 0.6 is 0 Å². The van der Waals surface area contributed by atoms with Gasteiger partial charge in [-0.1, -0.05) is 30.9 Å². The summed E-state index contributed by atoms with van der Waals surface area (Å²) in [6.07, 6.45) is 8.43. The third-order valence-corrected chi connectivity index (χ3v) is 1.70. The Morgan fingerprint density at radius 3 is 2.33 bits per heavy atom. The second-order valence-electron chi connectivity index (χ2n) is 2.51. The van der Waals surface area contributed by atoms with Crippen LogP contribution in [-0.2, 0) is 0 Å². The largest absolute Gasteiger partial charge is 0.301 e. The van der Waals surface area contributed by atoms with Crippen molar-refractivity contribution in [3.63, 3.8) is 0 Å². The van der Waals surface area contributed by atoms with E-state index >= 15 is 0 Å². The van der Waals surface area contributed by atoms with Crippen molar-refractivity contribution in [2.45, 2.75) is 12.1 Å². The first-order valence-corrected chi connectivity index (χ1v) is 3.17. The Hall–Kier alpha value is -0.820.